The normalized spacial score (nSPS) is 12.4. The van der Waals surface area contributed by atoms with Crippen molar-refractivity contribution in [3.8, 4) is 0 Å². The molecule has 0 aliphatic carbocycles. The maximum atomic E-state index is 11.8. The highest BCUT2D eigenvalue weighted by Gasteiger charge is 2.14. The van der Waals surface area contributed by atoms with Gasteiger partial charge >= 0.3 is 5.97 Å². The molecule has 1 atom stereocenters. The SMILES string of the molecule is CC(C)CCOC(C)C(=O)NCc1cn(CC(=O)O)nn1. The summed E-state index contributed by atoms with van der Waals surface area (Å²) in [5.74, 6) is -0.696. The van der Waals surface area contributed by atoms with Gasteiger partial charge in [0, 0.05) is 6.61 Å². The fraction of sp³-hybridized carbons (Fsp3) is 0.692. The van der Waals surface area contributed by atoms with Crippen LogP contribution in [0.2, 0.25) is 0 Å². The van der Waals surface area contributed by atoms with Crippen molar-refractivity contribution >= 4 is 11.9 Å². The quantitative estimate of drug-likeness (QED) is 0.684. The minimum absolute atomic E-state index is 0.191. The number of hydrogen-bond acceptors (Lipinski definition) is 5. The largest absolute Gasteiger partial charge is 0.480 e. The summed E-state index contributed by atoms with van der Waals surface area (Å²) in [7, 11) is 0. The van der Waals surface area contributed by atoms with Crippen LogP contribution in [0.25, 0.3) is 0 Å². The first kappa shape index (κ1) is 17.1. The van der Waals surface area contributed by atoms with Crippen molar-refractivity contribution in [3.05, 3.63) is 11.9 Å². The zero-order valence-corrected chi connectivity index (χ0v) is 12.6. The van der Waals surface area contributed by atoms with Gasteiger partial charge in [0.1, 0.15) is 18.3 Å². The summed E-state index contributed by atoms with van der Waals surface area (Å²) in [6.45, 7) is 6.35. The Bertz CT molecular complexity index is 472. The molecule has 1 rings (SSSR count). The third kappa shape index (κ3) is 6.84. The Labute approximate surface area is 123 Å². The van der Waals surface area contributed by atoms with Crippen LogP contribution in [0, 0.1) is 5.92 Å². The molecule has 1 aromatic rings. The van der Waals surface area contributed by atoms with E-state index in [9.17, 15) is 9.59 Å². The van der Waals surface area contributed by atoms with Crippen LogP contribution >= 0.6 is 0 Å². The number of carboxylic acid groups (broad SMARTS) is 1. The van der Waals surface area contributed by atoms with Crippen LogP contribution < -0.4 is 5.32 Å². The number of carbonyl (C=O) groups is 2. The standard InChI is InChI=1S/C13H22N4O4/c1-9(2)4-5-21-10(3)13(20)14-6-11-7-17(16-15-11)8-12(18)19/h7,9-10H,4-6,8H2,1-3H3,(H,14,20)(H,18,19). The van der Waals surface area contributed by atoms with E-state index in [2.05, 4.69) is 29.5 Å². The van der Waals surface area contributed by atoms with Gasteiger partial charge in [0.2, 0.25) is 5.91 Å². The van der Waals surface area contributed by atoms with Crippen molar-refractivity contribution in [2.75, 3.05) is 6.61 Å². The van der Waals surface area contributed by atoms with E-state index < -0.39 is 12.1 Å². The van der Waals surface area contributed by atoms with Crippen molar-refractivity contribution in [1.82, 2.24) is 20.3 Å². The van der Waals surface area contributed by atoms with E-state index in [-0.39, 0.29) is 19.0 Å². The number of aliphatic carboxylic acids is 1. The molecule has 2 N–H and O–H groups in total. The molecular weight excluding hydrogens is 276 g/mol. The number of aromatic nitrogens is 3. The van der Waals surface area contributed by atoms with E-state index in [0.29, 0.717) is 18.2 Å². The topological polar surface area (TPSA) is 106 Å². The summed E-state index contributed by atoms with van der Waals surface area (Å²) in [5.41, 5.74) is 0.499. The second-order valence-electron chi connectivity index (χ2n) is 5.21. The Morgan fingerprint density at radius 3 is 2.76 bits per heavy atom. The van der Waals surface area contributed by atoms with Crippen molar-refractivity contribution in [2.45, 2.75) is 46.4 Å². The second kappa shape index (κ2) is 8.35. The van der Waals surface area contributed by atoms with Gasteiger partial charge in [0.15, 0.2) is 0 Å². The fourth-order valence-electron chi connectivity index (χ4n) is 1.51. The molecule has 8 nitrogen and oxygen atoms in total. The van der Waals surface area contributed by atoms with Crippen molar-refractivity contribution < 1.29 is 19.4 Å². The summed E-state index contributed by atoms with van der Waals surface area (Å²) < 4.78 is 6.63. The van der Waals surface area contributed by atoms with Gasteiger partial charge in [-0.2, -0.15) is 0 Å². The molecule has 1 aromatic heterocycles. The molecule has 1 heterocycles. The zero-order valence-electron chi connectivity index (χ0n) is 12.6. The third-order valence-electron chi connectivity index (χ3n) is 2.76. The molecule has 0 bridgehead atoms. The molecule has 1 amide bonds. The highest BCUT2D eigenvalue weighted by atomic mass is 16.5. The van der Waals surface area contributed by atoms with Crippen molar-refractivity contribution in [1.29, 1.82) is 0 Å². The number of carboxylic acids is 1. The Hall–Kier alpha value is -1.96. The lowest BCUT2D eigenvalue weighted by Gasteiger charge is -2.13. The summed E-state index contributed by atoms with van der Waals surface area (Å²) in [5, 5.41) is 18.7. The van der Waals surface area contributed by atoms with E-state index in [0.717, 1.165) is 6.42 Å². The molecule has 0 saturated heterocycles. The summed E-state index contributed by atoms with van der Waals surface area (Å²) >= 11 is 0. The lowest BCUT2D eigenvalue weighted by molar-refractivity contribution is -0.138. The predicted octanol–water partition coefficient (Wildman–Crippen LogP) is 0.430. The van der Waals surface area contributed by atoms with Gasteiger partial charge in [-0.15, -0.1) is 5.10 Å². The van der Waals surface area contributed by atoms with Crippen LogP contribution in [0.5, 0.6) is 0 Å². The molecule has 0 aliphatic heterocycles. The molecule has 0 aliphatic rings. The van der Waals surface area contributed by atoms with Gasteiger partial charge in [-0.1, -0.05) is 19.1 Å². The lowest BCUT2D eigenvalue weighted by Crippen LogP contribution is -2.34. The molecule has 0 aromatic carbocycles. The van der Waals surface area contributed by atoms with Crippen LogP contribution in [0.15, 0.2) is 6.20 Å². The maximum absolute atomic E-state index is 11.8. The predicted molar refractivity (Wildman–Crippen MR) is 74.4 cm³/mol. The van der Waals surface area contributed by atoms with Gasteiger partial charge in [-0.25, -0.2) is 4.68 Å². The Kier molecular flexibility index (Phi) is 6.80. The number of rotatable bonds is 9. The number of ether oxygens (including phenoxy) is 1. The molecule has 0 fully saturated rings. The van der Waals surface area contributed by atoms with Crippen LogP contribution in [-0.2, 0) is 27.4 Å². The first-order valence-corrected chi connectivity index (χ1v) is 6.88. The average Bonchev–Trinajstić information content (AvgIpc) is 2.82. The number of hydrogen-bond donors (Lipinski definition) is 2. The van der Waals surface area contributed by atoms with E-state index in [1.54, 1.807) is 6.92 Å². The van der Waals surface area contributed by atoms with Gasteiger partial charge in [0.05, 0.1) is 12.7 Å². The van der Waals surface area contributed by atoms with E-state index in [1.807, 2.05) is 0 Å². The zero-order chi connectivity index (χ0) is 15.8. The molecule has 0 spiro atoms. The highest BCUT2D eigenvalue weighted by Crippen LogP contribution is 2.02. The second-order valence-corrected chi connectivity index (χ2v) is 5.21. The molecular formula is C13H22N4O4. The smallest absolute Gasteiger partial charge is 0.325 e. The molecule has 118 valence electrons. The first-order valence-electron chi connectivity index (χ1n) is 6.88. The maximum Gasteiger partial charge on any atom is 0.325 e. The monoisotopic (exact) mass is 298 g/mol. The van der Waals surface area contributed by atoms with Crippen molar-refractivity contribution in [3.63, 3.8) is 0 Å². The van der Waals surface area contributed by atoms with Crippen LogP contribution in [0.4, 0.5) is 0 Å². The first-order chi connectivity index (χ1) is 9.88. The number of nitrogens with zero attached hydrogens (tertiary/aromatic N) is 3. The van der Waals surface area contributed by atoms with E-state index in [4.69, 9.17) is 9.84 Å². The van der Waals surface area contributed by atoms with Gasteiger partial charge in [-0.3, -0.25) is 9.59 Å². The lowest BCUT2D eigenvalue weighted by atomic mass is 10.1. The number of nitrogens with one attached hydrogen (secondary N) is 1. The molecule has 21 heavy (non-hydrogen) atoms. The Balaban J connectivity index is 2.31. The van der Waals surface area contributed by atoms with E-state index >= 15 is 0 Å². The van der Waals surface area contributed by atoms with Gasteiger partial charge in [-0.05, 0) is 19.3 Å². The third-order valence-corrected chi connectivity index (χ3v) is 2.76. The van der Waals surface area contributed by atoms with Gasteiger partial charge < -0.3 is 15.2 Å². The minimum atomic E-state index is -0.998. The minimum Gasteiger partial charge on any atom is -0.480 e. The van der Waals surface area contributed by atoms with E-state index in [1.165, 1.54) is 10.9 Å². The Morgan fingerprint density at radius 1 is 1.43 bits per heavy atom. The highest BCUT2D eigenvalue weighted by molar-refractivity contribution is 5.80. The number of amides is 1. The van der Waals surface area contributed by atoms with Crippen molar-refractivity contribution in [2.24, 2.45) is 5.92 Å². The summed E-state index contributed by atoms with van der Waals surface area (Å²) in [6.07, 6.45) is 1.86. The molecule has 0 radical (unpaired) electrons. The average molecular weight is 298 g/mol. The van der Waals surface area contributed by atoms with Crippen LogP contribution in [0.1, 0.15) is 32.9 Å². The summed E-state index contributed by atoms with van der Waals surface area (Å²) in [4.78, 5) is 22.3. The fourth-order valence-corrected chi connectivity index (χ4v) is 1.51. The van der Waals surface area contributed by atoms with Crippen LogP contribution in [-0.4, -0.2) is 44.7 Å². The summed E-state index contributed by atoms with van der Waals surface area (Å²) in [6, 6.07) is 0. The molecule has 0 saturated carbocycles. The number of carbonyl (C=O) groups excluding carboxylic acids is 1. The molecule has 1 unspecified atom stereocenters. The van der Waals surface area contributed by atoms with Crippen LogP contribution in [0.3, 0.4) is 0 Å². The Morgan fingerprint density at radius 2 is 2.14 bits per heavy atom. The van der Waals surface area contributed by atoms with Gasteiger partial charge in [0.25, 0.3) is 0 Å². The molecule has 8 heteroatoms.